The summed E-state index contributed by atoms with van der Waals surface area (Å²) < 4.78 is 32.6. The molecule has 6 nitrogen and oxygen atoms in total. The normalized spacial score (nSPS) is 18.3. The third-order valence-corrected chi connectivity index (χ3v) is 6.65. The van der Waals surface area contributed by atoms with Crippen molar-refractivity contribution >= 4 is 21.6 Å². The van der Waals surface area contributed by atoms with Gasteiger partial charge in [-0.3, -0.25) is 4.79 Å². The fraction of sp³-hybridized carbons (Fsp3) is 0.350. The molecule has 2 aromatic rings. The number of morpholine rings is 1. The van der Waals surface area contributed by atoms with Gasteiger partial charge >= 0.3 is 0 Å². The van der Waals surface area contributed by atoms with Crippen molar-refractivity contribution < 1.29 is 17.9 Å². The lowest BCUT2D eigenvalue weighted by Gasteiger charge is -2.30. The lowest BCUT2D eigenvalue weighted by atomic mass is 10.1. The van der Waals surface area contributed by atoms with Crippen LogP contribution in [0.15, 0.2) is 47.4 Å². The summed E-state index contributed by atoms with van der Waals surface area (Å²) in [4.78, 5) is 12.8. The molecule has 1 amide bonds. The van der Waals surface area contributed by atoms with E-state index >= 15 is 0 Å². The monoisotopic (exact) mass is 388 g/mol. The Labute approximate surface area is 160 Å². The fourth-order valence-electron chi connectivity index (χ4n) is 3.03. The molecule has 27 heavy (non-hydrogen) atoms. The molecule has 0 bridgehead atoms. The topological polar surface area (TPSA) is 75.7 Å². The summed E-state index contributed by atoms with van der Waals surface area (Å²) in [5.41, 5.74) is 3.08. The van der Waals surface area contributed by atoms with Gasteiger partial charge in [-0.15, -0.1) is 0 Å². The summed E-state index contributed by atoms with van der Waals surface area (Å²) in [6.45, 7) is 6.74. The number of benzene rings is 2. The highest BCUT2D eigenvalue weighted by atomic mass is 32.2. The van der Waals surface area contributed by atoms with Crippen molar-refractivity contribution in [3.05, 3.63) is 59.2 Å². The minimum absolute atomic E-state index is 0.116. The summed E-state index contributed by atoms with van der Waals surface area (Å²) in [5.74, 6) is -0.337. The van der Waals surface area contributed by atoms with Crippen LogP contribution < -0.4 is 5.32 Å². The SMILES string of the molecule is Cc1cccc(NC(=O)c2cccc(S(=O)(=O)N3CCOC(C)C3)c2)c1C. The van der Waals surface area contributed by atoms with Gasteiger partial charge in [0, 0.05) is 24.3 Å². The number of hydrogen-bond donors (Lipinski definition) is 1. The lowest BCUT2D eigenvalue weighted by Crippen LogP contribution is -2.44. The van der Waals surface area contributed by atoms with Gasteiger partial charge in [-0.25, -0.2) is 8.42 Å². The molecule has 0 radical (unpaired) electrons. The molecule has 1 fully saturated rings. The minimum Gasteiger partial charge on any atom is -0.376 e. The number of amides is 1. The maximum atomic E-state index is 12.9. The van der Waals surface area contributed by atoms with Gasteiger partial charge in [-0.1, -0.05) is 18.2 Å². The van der Waals surface area contributed by atoms with E-state index in [9.17, 15) is 13.2 Å². The molecule has 1 heterocycles. The number of rotatable bonds is 4. The van der Waals surface area contributed by atoms with Crippen LogP contribution in [-0.4, -0.2) is 44.4 Å². The van der Waals surface area contributed by atoms with Crippen LogP contribution in [0.1, 0.15) is 28.4 Å². The maximum Gasteiger partial charge on any atom is 0.255 e. The van der Waals surface area contributed by atoms with E-state index in [-0.39, 0.29) is 16.9 Å². The van der Waals surface area contributed by atoms with E-state index in [4.69, 9.17) is 4.74 Å². The van der Waals surface area contributed by atoms with Crippen LogP contribution in [0.2, 0.25) is 0 Å². The summed E-state index contributed by atoms with van der Waals surface area (Å²) in [6.07, 6.45) is -0.149. The van der Waals surface area contributed by atoms with Crippen LogP contribution in [0.5, 0.6) is 0 Å². The van der Waals surface area contributed by atoms with Crippen molar-refractivity contribution in [2.75, 3.05) is 25.0 Å². The van der Waals surface area contributed by atoms with E-state index in [1.807, 2.05) is 39.0 Å². The van der Waals surface area contributed by atoms with Crippen molar-refractivity contribution in [3.63, 3.8) is 0 Å². The van der Waals surface area contributed by atoms with Gasteiger partial charge in [-0.05, 0) is 56.2 Å². The molecule has 1 saturated heterocycles. The minimum atomic E-state index is -3.67. The molecule has 1 aliphatic rings. The molecule has 2 aromatic carbocycles. The average Bonchev–Trinajstić information content (AvgIpc) is 2.65. The number of nitrogens with one attached hydrogen (secondary N) is 1. The quantitative estimate of drug-likeness (QED) is 0.874. The van der Waals surface area contributed by atoms with Gasteiger partial charge in [0.05, 0.1) is 17.6 Å². The van der Waals surface area contributed by atoms with Crippen molar-refractivity contribution in [1.82, 2.24) is 4.31 Å². The van der Waals surface area contributed by atoms with Crippen LogP contribution >= 0.6 is 0 Å². The second kappa shape index (κ2) is 7.80. The molecule has 7 heteroatoms. The van der Waals surface area contributed by atoms with E-state index in [1.165, 1.54) is 16.4 Å². The fourth-order valence-corrected chi connectivity index (χ4v) is 4.58. The summed E-state index contributed by atoms with van der Waals surface area (Å²) in [5, 5.41) is 2.87. The highest BCUT2D eigenvalue weighted by molar-refractivity contribution is 7.89. The predicted molar refractivity (Wildman–Crippen MR) is 104 cm³/mol. The lowest BCUT2D eigenvalue weighted by molar-refractivity contribution is 0.0102. The van der Waals surface area contributed by atoms with Crippen molar-refractivity contribution in [2.24, 2.45) is 0 Å². The first-order valence-corrected chi connectivity index (χ1v) is 10.3. The van der Waals surface area contributed by atoms with Crippen molar-refractivity contribution in [1.29, 1.82) is 0 Å². The number of aryl methyl sites for hydroxylation is 1. The second-order valence-corrected chi connectivity index (χ2v) is 8.71. The van der Waals surface area contributed by atoms with E-state index in [0.29, 0.717) is 25.3 Å². The molecular weight excluding hydrogens is 364 g/mol. The Bertz CT molecular complexity index is 956. The first-order chi connectivity index (χ1) is 12.8. The van der Waals surface area contributed by atoms with Crippen molar-refractivity contribution in [2.45, 2.75) is 31.8 Å². The Morgan fingerprint density at radius 1 is 1.19 bits per heavy atom. The Balaban J connectivity index is 1.84. The number of hydrogen-bond acceptors (Lipinski definition) is 4. The third-order valence-electron chi connectivity index (χ3n) is 4.79. The molecule has 1 aliphatic heterocycles. The van der Waals surface area contributed by atoms with E-state index in [2.05, 4.69) is 5.32 Å². The molecule has 0 spiro atoms. The van der Waals surface area contributed by atoms with Gasteiger partial charge < -0.3 is 10.1 Å². The predicted octanol–water partition coefficient (Wildman–Crippen LogP) is 2.97. The standard InChI is InChI=1S/C20H24N2O4S/c1-14-6-4-9-19(16(14)3)21-20(23)17-7-5-8-18(12-17)27(24,25)22-10-11-26-15(2)13-22/h4-9,12,15H,10-11,13H2,1-3H3,(H,21,23). The number of ether oxygens (including phenoxy) is 1. The van der Waals surface area contributed by atoms with Gasteiger partial charge in [0.15, 0.2) is 0 Å². The zero-order chi connectivity index (χ0) is 19.6. The second-order valence-electron chi connectivity index (χ2n) is 6.77. The first-order valence-electron chi connectivity index (χ1n) is 8.88. The number of sulfonamides is 1. The van der Waals surface area contributed by atoms with Crippen LogP contribution in [0.3, 0.4) is 0 Å². The Hall–Kier alpha value is -2.22. The Morgan fingerprint density at radius 2 is 1.93 bits per heavy atom. The highest BCUT2D eigenvalue weighted by Gasteiger charge is 2.29. The van der Waals surface area contributed by atoms with Crippen LogP contribution in [0, 0.1) is 13.8 Å². The van der Waals surface area contributed by atoms with Gasteiger partial charge in [0.25, 0.3) is 5.91 Å². The van der Waals surface area contributed by atoms with Gasteiger partial charge in [-0.2, -0.15) is 4.31 Å². The number of nitrogens with zero attached hydrogens (tertiary/aromatic N) is 1. The number of anilines is 1. The Kier molecular flexibility index (Phi) is 5.64. The van der Waals surface area contributed by atoms with Crippen LogP contribution in [-0.2, 0) is 14.8 Å². The molecule has 0 saturated carbocycles. The molecule has 0 aromatic heterocycles. The zero-order valence-corrected chi connectivity index (χ0v) is 16.5. The van der Waals surface area contributed by atoms with Gasteiger partial charge in [0.1, 0.15) is 0 Å². The van der Waals surface area contributed by atoms with Crippen LogP contribution in [0.25, 0.3) is 0 Å². The maximum absolute atomic E-state index is 12.9. The third kappa shape index (κ3) is 4.21. The van der Waals surface area contributed by atoms with E-state index in [1.54, 1.807) is 12.1 Å². The smallest absolute Gasteiger partial charge is 0.255 e. The molecule has 3 rings (SSSR count). The highest BCUT2D eigenvalue weighted by Crippen LogP contribution is 2.22. The molecule has 1 atom stereocenters. The number of carbonyl (C=O) groups excluding carboxylic acids is 1. The zero-order valence-electron chi connectivity index (χ0n) is 15.7. The largest absolute Gasteiger partial charge is 0.376 e. The van der Waals surface area contributed by atoms with Gasteiger partial charge in [0.2, 0.25) is 10.0 Å². The van der Waals surface area contributed by atoms with Crippen molar-refractivity contribution in [3.8, 4) is 0 Å². The summed E-state index contributed by atoms with van der Waals surface area (Å²) >= 11 is 0. The average molecular weight is 388 g/mol. The molecular formula is C20H24N2O4S. The molecule has 1 unspecified atom stereocenters. The molecule has 0 aliphatic carbocycles. The van der Waals surface area contributed by atoms with Crippen LogP contribution in [0.4, 0.5) is 5.69 Å². The Morgan fingerprint density at radius 3 is 2.67 bits per heavy atom. The van der Waals surface area contributed by atoms with E-state index in [0.717, 1.165) is 16.8 Å². The first kappa shape index (κ1) is 19.5. The summed E-state index contributed by atoms with van der Waals surface area (Å²) in [6, 6.07) is 11.8. The number of carbonyl (C=O) groups is 1. The summed E-state index contributed by atoms with van der Waals surface area (Å²) in [7, 11) is -3.67. The van der Waals surface area contributed by atoms with E-state index < -0.39 is 10.0 Å². The molecule has 1 N–H and O–H groups in total. The molecule has 144 valence electrons.